The van der Waals surface area contributed by atoms with E-state index in [1.807, 2.05) is 18.0 Å². The van der Waals surface area contributed by atoms with Crippen LogP contribution in [0.1, 0.15) is 32.0 Å². The zero-order valence-electron chi connectivity index (χ0n) is 13.5. The van der Waals surface area contributed by atoms with Crippen molar-refractivity contribution < 1.29 is 0 Å². The van der Waals surface area contributed by atoms with Crippen molar-refractivity contribution in [3.8, 4) is 0 Å². The molecular formula is C16H29N3S. The molecule has 20 heavy (non-hydrogen) atoms. The Morgan fingerprint density at radius 3 is 2.60 bits per heavy atom. The highest BCUT2D eigenvalue weighted by Gasteiger charge is 2.09. The summed E-state index contributed by atoms with van der Waals surface area (Å²) in [5.74, 6) is 1.85. The molecule has 0 spiro atoms. The molecule has 0 saturated heterocycles. The predicted octanol–water partition coefficient (Wildman–Crippen LogP) is 3.01. The summed E-state index contributed by atoms with van der Waals surface area (Å²) in [4.78, 5) is 6.93. The smallest absolute Gasteiger partial charge is 0.0544 e. The van der Waals surface area contributed by atoms with Gasteiger partial charge in [0, 0.05) is 31.1 Å². The highest BCUT2D eigenvalue weighted by atomic mass is 32.2. The van der Waals surface area contributed by atoms with Gasteiger partial charge in [0.2, 0.25) is 0 Å². The van der Waals surface area contributed by atoms with E-state index >= 15 is 0 Å². The lowest BCUT2D eigenvalue weighted by Crippen LogP contribution is -2.30. The summed E-state index contributed by atoms with van der Waals surface area (Å²) in [6.07, 6.45) is 4.15. The average Bonchev–Trinajstić information content (AvgIpc) is 2.40. The molecule has 0 aliphatic rings. The summed E-state index contributed by atoms with van der Waals surface area (Å²) in [7, 11) is 2.17. The Kier molecular flexibility index (Phi) is 8.19. The molecule has 3 nitrogen and oxygen atoms in total. The molecule has 0 bridgehead atoms. The zero-order chi connectivity index (χ0) is 15.0. The Hall–Kier alpha value is -0.580. The predicted molar refractivity (Wildman–Crippen MR) is 90.1 cm³/mol. The fourth-order valence-corrected chi connectivity index (χ4v) is 2.68. The van der Waals surface area contributed by atoms with Crippen molar-refractivity contribution in [2.45, 2.75) is 39.9 Å². The highest BCUT2D eigenvalue weighted by molar-refractivity contribution is 7.98. The van der Waals surface area contributed by atoms with Gasteiger partial charge in [-0.15, -0.1) is 0 Å². The molecule has 1 heterocycles. The lowest BCUT2D eigenvalue weighted by molar-refractivity contribution is 0.266. The van der Waals surface area contributed by atoms with Crippen LogP contribution < -0.4 is 5.32 Å². The van der Waals surface area contributed by atoms with Crippen molar-refractivity contribution in [1.29, 1.82) is 0 Å². The minimum atomic E-state index is 0.583. The first kappa shape index (κ1) is 17.5. The maximum Gasteiger partial charge on any atom is 0.0544 e. The largest absolute Gasteiger partial charge is 0.312 e. The highest BCUT2D eigenvalue weighted by Crippen LogP contribution is 2.08. The maximum absolute atomic E-state index is 4.57. The number of hydrogen-bond donors (Lipinski definition) is 1. The van der Waals surface area contributed by atoms with Gasteiger partial charge in [0.05, 0.1) is 5.69 Å². The van der Waals surface area contributed by atoms with Crippen molar-refractivity contribution in [2.75, 3.05) is 25.6 Å². The van der Waals surface area contributed by atoms with Gasteiger partial charge < -0.3 is 5.32 Å². The van der Waals surface area contributed by atoms with E-state index in [0.717, 1.165) is 31.1 Å². The summed E-state index contributed by atoms with van der Waals surface area (Å²) in [5.41, 5.74) is 2.40. The molecule has 0 radical (unpaired) electrons. The molecule has 1 aromatic heterocycles. The standard InChI is InChI=1S/C16H29N3S/c1-13(2)8-17-9-15-6-7-16(18-10-15)11-19(4)14(3)12-20-5/h6-7,10,13-14,17H,8-9,11-12H2,1-5H3. The van der Waals surface area contributed by atoms with E-state index in [1.165, 1.54) is 5.56 Å². The maximum atomic E-state index is 4.57. The Morgan fingerprint density at radius 1 is 1.30 bits per heavy atom. The molecule has 0 aromatic carbocycles. The summed E-state index contributed by atoms with van der Waals surface area (Å²) in [5, 5.41) is 3.44. The first-order valence-electron chi connectivity index (χ1n) is 7.36. The van der Waals surface area contributed by atoms with Gasteiger partial charge in [0.1, 0.15) is 0 Å². The fraction of sp³-hybridized carbons (Fsp3) is 0.688. The molecule has 1 rings (SSSR count). The van der Waals surface area contributed by atoms with Crippen LogP contribution in [0.4, 0.5) is 0 Å². The summed E-state index contributed by atoms with van der Waals surface area (Å²) in [6, 6.07) is 4.91. The Morgan fingerprint density at radius 2 is 2.05 bits per heavy atom. The zero-order valence-corrected chi connectivity index (χ0v) is 14.3. The number of pyridine rings is 1. The second-order valence-electron chi connectivity index (χ2n) is 5.90. The topological polar surface area (TPSA) is 28.2 Å². The van der Waals surface area contributed by atoms with E-state index in [4.69, 9.17) is 0 Å². The third kappa shape index (κ3) is 6.73. The third-order valence-corrected chi connectivity index (χ3v) is 4.16. The van der Waals surface area contributed by atoms with Crippen LogP contribution in [0.5, 0.6) is 0 Å². The van der Waals surface area contributed by atoms with E-state index < -0.39 is 0 Å². The SMILES string of the molecule is CSCC(C)N(C)Cc1ccc(CNCC(C)C)cn1. The molecule has 0 saturated carbocycles. The molecule has 0 fully saturated rings. The third-order valence-electron chi connectivity index (χ3n) is 3.34. The van der Waals surface area contributed by atoms with E-state index in [0.29, 0.717) is 12.0 Å². The molecule has 1 N–H and O–H groups in total. The molecule has 0 amide bonds. The van der Waals surface area contributed by atoms with Crippen LogP contribution in [0, 0.1) is 5.92 Å². The van der Waals surface area contributed by atoms with Crippen LogP contribution in [0.3, 0.4) is 0 Å². The molecule has 1 atom stereocenters. The van der Waals surface area contributed by atoms with Gasteiger partial charge in [-0.2, -0.15) is 11.8 Å². The van der Waals surface area contributed by atoms with Crippen LogP contribution in [0.15, 0.2) is 18.3 Å². The van der Waals surface area contributed by atoms with Crippen molar-refractivity contribution in [1.82, 2.24) is 15.2 Å². The van der Waals surface area contributed by atoms with Gasteiger partial charge in [-0.25, -0.2) is 0 Å². The van der Waals surface area contributed by atoms with Crippen LogP contribution in [-0.4, -0.2) is 41.5 Å². The van der Waals surface area contributed by atoms with Crippen LogP contribution in [0.25, 0.3) is 0 Å². The summed E-state index contributed by atoms with van der Waals surface area (Å²) >= 11 is 1.89. The minimum absolute atomic E-state index is 0.583. The normalized spacial score (nSPS) is 13.2. The average molecular weight is 295 g/mol. The minimum Gasteiger partial charge on any atom is -0.312 e. The monoisotopic (exact) mass is 295 g/mol. The van der Waals surface area contributed by atoms with E-state index in [2.05, 4.69) is 61.4 Å². The molecule has 0 aliphatic heterocycles. The van der Waals surface area contributed by atoms with Crippen molar-refractivity contribution in [3.05, 3.63) is 29.6 Å². The Labute approximate surface area is 128 Å². The number of nitrogens with one attached hydrogen (secondary N) is 1. The number of rotatable bonds is 9. The lowest BCUT2D eigenvalue weighted by atomic mass is 10.2. The van der Waals surface area contributed by atoms with Gasteiger partial charge in [0.15, 0.2) is 0 Å². The molecule has 4 heteroatoms. The first-order chi connectivity index (χ1) is 9.52. The first-order valence-corrected chi connectivity index (χ1v) is 8.76. The second kappa shape index (κ2) is 9.37. The Bertz CT molecular complexity index is 364. The number of thioether (sulfide) groups is 1. The summed E-state index contributed by atoms with van der Waals surface area (Å²) in [6.45, 7) is 9.59. The van der Waals surface area contributed by atoms with E-state index in [9.17, 15) is 0 Å². The van der Waals surface area contributed by atoms with E-state index in [1.54, 1.807) is 0 Å². The van der Waals surface area contributed by atoms with Gasteiger partial charge in [-0.05, 0) is 44.3 Å². The van der Waals surface area contributed by atoms with Gasteiger partial charge in [-0.1, -0.05) is 19.9 Å². The number of hydrogen-bond acceptors (Lipinski definition) is 4. The van der Waals surface area contributed by atoms with E-state index in [-0.39, 0.29) is 0 Å². The molecular weight excluding hydrogens is 266 g/mol. The van der Waals surface area contributed by atoms with Gasteiger partial charge in [0.25, 0.3) is 0 Å². The van der Waals surface area contributed by atoms with Gasteiger partial charge >= 0.3 is 0 Å². The molecule has 0 aliphatic carbocycles. The summed E-state index contributed by atoms with van der Waals surface area (Å²) < 4.78 is 0. The second-order valence-corrected chi connectivity index (χ2v) is 6.81. The van der Waals surface area contributed by atoms with Crippen LogP contribution in [-0.2, 0) is 13.1 Å². The van der Waals surface area contributed by atoms with Gasteiger partial charge in [-0.3, -0.25) is 9.88 Å². The molecule has 114 valence electrons. The number of aromatic nitrogens is 1. The molecule has 1 unspecified atom stereocenters. The van der Waals surface area contributed by atoms with Crippen molar-refractivity contribution in [2.24, 2.45) is 5.92 Å². The number of nitrogens with zero attached hydrogens (tertiary/aromatic N) is 2. The lowest BCUT2D eigenvalue weighted by Gasteiger charge is -2.23. The van der Waals surface area contributed by atoms with Crippen LogP contribution in [0.2, 0.25) is 0 Å². The molecule has 1 aromatic rings. The quantitative estimate of drug-likeness (QED) is 0.758. The fourth-order valence-electron chi connectivity index (χ4n) is 1.94. The van der Waals surface area contributed by atoms with Crippen LogP contribution >= 0.6 is 11.8 Å². The Balaban J connectivity index is 2.41. The van der Waals surface area contributed by atoms with Crippen molar-refractivity contribution in [3.63, 3.8) is 0 Å². The van der Waals surface area contributed by atoms with Crippen molar-refractivity contribution >= 4 is 11.8 Å².